The van der Waals surface area contributed by atoms with Gasteiger partial charge in [0.15, 0.2) is 0 Å². The summed E-state index contributed by atoms with van der Waals surface area (Å²) in [5.41, 5.74) is 1.09. The average Bonchev–Trinajstić information content (AvgIpc) is 2.30. The van der Waals surface area contributed by atoms with Crippen molar-refractivity contribution in [2.24, 2.45) is 4.99 Å². The van der Waals surface area contributed by atoms with E-state index in [-0.39, 0.29) is 0 Å². The molecule has 0 spiro atoms. The first-order valence-corrected chi connectivity index (χ1v) is 8.58. The van der Waals surface area contributed by atoms with Crippen molar-refractivity contribution >= 4 is 38.3 Å². The van der Waals surface area contributed by atoms with Crippen LogP contribution in [0.5, 0.6) is 0 Å². The van der Waals surface area contributed by atoms with Gasteiger partial charge in [0.05, 0.1) is 0 Å². The Bertz CT molecular complexity index is 354. The molecule has 1 heterocycles. The predicted octanol–water partition coefficient (Wildman–Crippen LogP) is 1.34. The third kappa shape index (κ3) is 2.22. The Morgan fingerprint density at radius 2 is 2.21 bits per heavy atom. The number of hydrogen-bond donors (Lipinski definition) is 0. The summed E-state index contributed by atoms with van der Waals surface area (Å²) in [6.45, 7) is 1.64. The number of rotatable bonds is 2. The van der Waals surface area contributed by atoms with E-state index in [1.165, 1.54) is 3.61 Å². The standard InChI is InChI=1S/C10H10ClNOTe/c11-14-9-5-2-1-4-8(9)10-12-6-3-7-13-10/h1-2,4-5H,3,6-7H2. The summed E-state index contributed by atoms with van der Waals surface area (Å²) in [4.78, 5) is 4.36. The van der Waals surface area contributed by atoms with Gasteiger partial charge in [-0.2, -0.15) is 0 Å². The van der Waals surface area contributed by atoms with Crippen LogP contribution in [0.25, 0.3) is 0 Å². The average molecular weight is 323 g/mol. The van der Waals surface area contributed by atoms with Gasteiger partial charge in [-0.25, -0.2) is 0 Å². The second-order valence-electron chi connectivity index (χ2n) is 2.96. The molecule has 1 aliphatic rings. The summed E-state index contributed by atoms with van der Waals surface area (Å²) in [5.74, 6) is 0.776. The van der Waals surface area contributed by atoms with Crippen LogP contribution in [-0.2, 0) is 4.74 Å². The fourth-order valence-electron chi connectivity index (χ4n) is 1.33. The molecular formula is C10H10ClNOTe. The summed E-state index contributed by atoms with van der Waals surface area (Å²) >= 11 is -0.596. The normalized spacial score (nSPS) is 15.9. The van der Waals surface area contributed by atoms with Crippen molar-refractivity contribution in [3.63, 3.8) is 0 Å². The minimum atomic E-state index is -0.596. The number of halogens is 1. The predicted molar refractivity (Wildman–Crippen MR) is 59.7 cm³/mol. The van der Waals surface area contributed by atoms with Crippen LogP contribution in [0, 0.1) is 0 Å². The molecule has 14 heavy (non-hydrogen) atoms. The fourth-order valence-corrected chi connectivity index (χ4v) is 3.29. The van der Waals surface area contributed by atoms with Gasteiger partial charge in [0.1, 0.15) is 0 Å². The van der Waals surface area contributed by atoms with Crippen molar-refractivity contribution in [3.05, 3.63) is 29.8 Å². The van der Waals surface area contributed by atoms with E-state index >= 15 is 0 Å². The van der Waals surface area contributed by atoms with Gasteiger partial charge in [0.2, 0.25) is 0 Å². The van der Waals surface area contributed by atoms with Crippen molar-refractivity contribution in [1.29, 1.82) is 0 Å². The summed E-state index contributed by atoms with van der Waals surface area (Å²) in [6.07, 6.45) is 1.02. The first kappa shape index (κ1) is 10.3. The molecular weight excluding hydrogens is 313 g/mol. The molecule has 0 fully saturated rings. The SMILES string of the molecule is Cl[Te]c1ccccc1C1=NCCCO1. The van der Waals surface area contributed by atoms with Crippen LogP contribution < -0.4 is 3.61 Å². The number of ether oxygens (including phenoxy) is 1. The second kappa shape index (κ2) is 5.02. The van der Waals surface area contributed by atoms with Crippen LogP contribution in [0.1, 0.15) is 12.0 Å². The van der Waals surface area contributed by atoms with Crippen LogP contribution in [-0.4, -0.2) is 38.9 Å². The Hall–Kier alpha value is -0.230. The third-order valence-corrected chi connectivity index (χ3v) is 4.60. The van der Waals surface area contributed by atoms with E-state index in [2.05, 4.69) is 11.1 Å². The van der Waals surface area contributed by atoms with Crippen LogP contribution in [0.2, 0.25) is 0 Å². The van der Waals surface area contributed by atoms with E-state index in [1.54, 1.807) is 0 Å². The van der Waals surface area contributed by atoms with E-state index in [0.29, 0.717) is 0 Å². The van der Waals surface area contributed by atoms with Crippen LogP contribution >= 0.6 is 8.96 Å². The van der Waals surface area contributed by atoms with E-state index in [4.69, 9.17) is 13.7 Å². The first-order valence-electron chi connectivity index (χ1n) is 4.47. The van der Waals surface area contributed by atoms with Gasteiger partial charge in [-0.15, -0.1) is 0 Å². The maximum absolute atomic E-state index is 5.97. The summed E-state index contributed by atoms with van der Waals surface area (Å²) in [6, 6.07) is 8.10. The molecule has 0 aliphatic carbocycles. The number of nitrogens with zero attached hydrogens (tertiary/aromatic N) is 1. The molecule has 0 atom stereocenters. The molecule has 0 amide bonds. The molecule has 2 rings (SSSR count). The Balaban J connectivity index is 2.34. The van der Waals surface area contributed by atoms with E-state index in [9.17, 15) is 0 Å². The van der Waals surface area contributed by atoms with Crippen molar-refractivity contribution in [2.45, 2.75) is 6.42 Å². The zero-order chi connectivity index (χ0) is 9.80. The monoisotopic (exact) mass is 325 g/mol. The Morgan fingerprint density at radius 3 is 2.93 bits per heavy atom. The molecule has 4 heteroatoms. The van der Waals surface area contributed by atoms with Crippen molar-refractivity contribution in [2.75, 3.05) is 13.2 Å². The molecule has 0 bridgehead atoms. The minimum absolute atomic E-state index is 0.596. The van der Waals surface area contributed by atoms with Gasteiger partial charge < -0.3 is 0 Å². The molecule has 1 aromatic carbocycles. The van der Waals surface area contributed by atoms with Gasteiger partial charge in [-0.05, 0) is 0 Å². The molecule has 1 aromatic rings. The van der Waals surface area contributed by atoms with E-state index in [0.717, 1.165) is 31.0 Å². The van der Waals surface area contributed by atoms with Gasteiger partial charge in [0.25, 0.3) is 0 Å². The van der Waals surface area contributed by atoms with Crippen molar-refractivity contribution in [1.82, 2.24) is 0 Å². The van der Waals surface area contributed by atoms with Crippen LogP contribution in [0.4, 0.5) is 0 Å². The summed E-state index contributed by atoms with van der Waals surface area (Å²) in [5, 5.41) is 0. The van der Waals surface area contributed by atoms with Crippen molar-refractivity contribution < 1.29 is 4.74 Å². The maximum atomic E-state index is 5.97. The number of benzene rings is 1. The molecule has 1 aliphatic heterocycles. The van der Waals surface area contributed by atoms with E-state index in [1.807, 2.05) is 18.2 Å². The molecule has 0 aromatic heterocycles. The quantitative estimate of drug-likeness (QED) is 0.753. The zero-order valence-corrected chi connectivity index (χ0v) is 10.7. The molecule has 0 saturated heterocycles. The Kier molecular flexibility index (Phi) is 3.69. The molecule has 74 valence electrons. The van der Waals surface area contributed by atoms with Crippen molar-refractivity contribution in [3.8, 4) is 0 Å². The summed E-state index contributed by atoms with van der Waals surface area (Å²) < 4.78 is 6.73. The van der Waals surface area contributed by atoms with Gasteiger partial charge in [-0.1, -0.05) is 0 Å². The second-order valence-corrected chi connectivity index (χ2v) is 5.69. The molecule has 0 radical (unpaired) electrons. The molecule has 2 nitrogen and oxygen atoms in total. The molecule has 0 saturated carbocycles. The summed E-state index contributed by atoms with van der Waals surface area (Å²) in [7, 11) is 5.97. The van der Waals surface area contributed by atoms with Gasteiger partial charge in [-0.3, -0.25) is 0 Å². The molecule has 0 N–H and O–H groups in total. The van der Waals surface area contributed by atoms with Crippen LogP contribution in [0.3, 0.4) is 0 Å². The Morgan fingerprint density at radius 1 is 1.36 bits per heavy atom. The van der Waals surface area contributed by atoms with Crippen LogP contribution in [0.15, 0.2) is 29.3 Å². The van der Waals surface area contributed by atoms with E-state index < -0.39 is 19.8 Å². The third-order valence-electron chi connectivity index (χ3n) is 2.00. The number of hydrogen-bond acceptors (Lipinski definition) is 2. The van der Waals surface area contributed by atoms with Gasteiger partial charge in [0, 0.05) is 0 Å². The fraction of sp³-hybridized carbons (Fsp3) is 0.300. The topological polar surface area (TPSA) is 21.6 Å². The number of aliphatic imine (C=N–C) groups is 1. The first-order chi connectivity index (χ1) is 6.92. The zero-order valence-electron chi connectivity index (χ0n) is 7.57. The van der Waals surface area contributed by atoms with Gasteiger partial charge >= 0.3 is 97.4 Å². The Labute approximate surface area is 97.1 Å². The molecule has 0 unspecified atom stereocenters.